The van der Waals surface area contributed by atoms with Crippen molar-refractivity contribution in [1.29, 1.82) is 0 Å². The highest BCUT2D eigenvalue weighted by atomic mass is 19.4. The number of rotatable bonds is 4. The van der Waals surface area contributed by atoms with E-state index in [1.807, 2.05) is 13.8 Å². The average Bonchev–Trinajstić information content (AvgIpc) is 3.07. The number of hydrogen-bond acceptors (Lipinski definition) is 4. The fourth-order valence-electron chi connectivity index (χ4n) is 2.96. The zero-order chi connectivity index (χ0) is 19.6. The van der Waals surface area contributed by atoms with Gasteiger partial charge in [-0.05, 0) is 38.1 Å². The predicted molar refractivity (Wildman–Crippen MR) is 90.2 cm³/mol. The number of halogens is 3. The first-order valence-electron chi connectivity index (χ1n) is 8.50. The quantitative estimate of drug-likeness (QED) is 0.814. The van der Waals surface area contributed by atoms with Gasteiger partial charge < -0.3 is 14.4 Å². The first-order chi connectivity index (χ1) is 12.7. The molecule has 1 saturated heterocycles. The molecular weight excluding hydrogens is 363 g/mol. The minimum atomic E-state index is -4.43. The van der Waals surface area contributed by atoms with E-state index in [1.165, 1.54) is 16.8 Å². The molecule has 2 unspecified atom stereocenters. The maximum atomic E-state index is 12.7. The van der Waals surface area contributed by atoms with Crippen molar-refractivity contribution >= 4 is 5.91 Å². The molecule has 0 aliphatic carbocycles. The van der Waals surface area contributed by atoms with Crippen molar-refractivity contribution < 1.29 is 27.4 Å². The smallest absolute Gasteiger partial charge is 0.416 e. The third-order valence-electron chi connectivity index (χ3n) is 4.09. The highest BCUT2D eigenvalue weighted by Crippen LogP contribution is 2.31. The number of morpholine rings is 1. The molecule has 3 rings (SSSR count). The van der Waals surface area contributed by atoms with E-state index in [-0.39, 0.29) is 36.3 Å². The number of benzene rings is 1. The Morgan fingerprint density at radius 3 is 2.63 bits per heavy atom. The summed E-state index contributed by atoms with van der Waals surface area (Å²) in [5.41, 5.74) is -0.532. The van der Waals surface area contributed by atoms with Crippen LogP contribution >= 0.6 is 0 Å². The van der Waals surface area contributed by atoms with Gasteiger partial charge in [-0.3, -0.25) is 4.79 Å². The van der Waals surface area contributed by atoms with Crippen LogP contribution in [0, 0.1) is 0 Å². The Morgan fingerprint density at radius 2 is 1.96 bits per heavy atom. The molecule has 0 bridgehead atoms. The van der Waals surface area contributed by atoms with Gasteiger partial charge in [-0.25, -0.2) is 4.68 Å². The summed E-state index contributed by atoms with van der Waals surface area (Å²) in [4.78, 5) is 14.2. The van der Waals surface area contributed by atoms with Gasteiger partial charge in [0.15, 0.2) is 12.4 Å². The van der Waals surface area contributed by atoms with E-state index in [4.69, 9.17) is 9.47 Å². The largest absolute Gasteiger partial charge is 0.471 e. The monoisotopic (exact) mass is 383 g/mol. The summed E-state index contributed by atoms with van der Waals surface area (Å²) in [5, 5.41) is 4.16. The molecule has 1 aliphatic rings. The third-order valence-corrected chi connectivity index (χ3v) is 4.09. The van der Waals surface area contributed by atoms with E-state index in [9.17, 15) is 18.0 Å². The Labute approximate surface area is 154 Å². The van der Waals surface area contributed by atoms with Gasteiger partial charge in [0.05, 0.1) is 17.8 Å². The minimum absolute atomic E-state index is 0.0518. The Bertz CT molecular complexity index is 796. The van der Waals surface area contributed by atoms with Gasteiger partial charge >= 0.3 is 6.18 Å². The van der Waals surface area contributed by atoms with Gasteiger partial charge in [0.2, 0.25) is 0 Å². The summed E-state index contributed by atoms with van der Waals surface area (Å²) in [6.07, 6.45) is -2.99. The third kappa shape index (κ3) is 4.79. The van der Waals surface area contributed by atoms with Crippen LogP contribution in [0.4, 0.5) is 13.2 Å². The van der Waals surface area contributed by atoms with Crippen molar-refractivity contribution in [3.05, 3.63) is 47.8 Å². The second-order valence-electron chi connectivity index (χ2n) is 6.51. The second kappa shape index (κ2) is 7.59. The maximum Gasteiger partial charge on any atom is 0.416 e. The van der Waals surface area contributed by atoms with Crippen LogP contribution in [0.25, 0.3) is 0 Å². The van der Waals surface area contributed by atoms with E-state index in [2.05, 4.69) is 5.10 Å². The van der Waals surface area contributed by atoms with E-state index < -0.39 is 11.7 Å². The molecule has 2 heterocycles. The van der Waals surface area contributed by atoms with Gasteiger partial charge in [0.25, 0.3) is 5.91 Å². The van der Waals surface area contributed by atoms with Crippen LogP contribution in [-0.4, -0.2) is 45.9 Å². The van der Waals surface area contributed by atoms with Gasteiger partial charge in [-0.15, -0.1) is 0 Å². The minimum Gasteiger partial charge on any atom is -0.471 e. The number of alkyl halides is 3. The molecule has 1 amide bonds. The average molecular weight is 383 g/mol. The molecule has 0 N–H and O–H groups in total. The molecule has 6 nitrogen and oxygen atoms in total. The standard InChI is InChI=1S/C18H20F3N3O3/c1-12-9-23(10-13(2)27-12)17(25)16-6-7-24(22-16)11-26-15-5-3-4-14(8-15)18(19,20)21/h3-8,12-13H,9-11H2,1-2H3. The number of carbonyl (C=O) groups is 1. The zero-order valence-electron chi connectivity index (χ0n) is 14.9. The second-order valence-corrected chi connectivity index (χ2v) is 6.51. The van der Waals surface area contributed by atoms with Crippen molar-refractivity contribution in [1.82, 2.24) is 14.7 Å². The summed E-state index contributed by atoms with van der Waals surface area (Å²) >= 11 is 0. The molecule has 0 saturated carbocycles. The van der Waals surface area contributed by atoms with Crippen LogP contribution in [0.3, 0.4) is 0 Å². The van der Waals surface area contributed by atoms with E-state index in [0.717, 1.165) is 12.1 Å². The Balaban J connectivity index is 1.62. The molecule has 0 spiro atoms. The van der Waals surface area contributed by atoms with Crippen LogP contribution < -0.4 is 4.74 Å². The number of carbonyl (C=O) groups excluding carboxylic acids is 1. The lowest BCUT2D eigenvalue weighted by Gasteiger charge is -2.34. The lowest BCUT2D eigenvalue weighted by atomic mass is 10.2. The molecule has 0 radical (unpaired) electrons. The molecule has 1 aliphatic heterocycles. The van der Waals surface area contributed by atoms with Gasteiger partial charge in [0.1, 0.15) is 5.75 Å². The fourth-order valence-corrected chi connectivity index (χ4v) is 2.96. The van der Waals surface area contributed by atoms with E-state index in [0.29, 0.717) is 13.1 Å². The molecule has 27 heavy (non-hydrogen) atoms. The van der Waals surface area contributed by atoms with Crippen molar-refractivity contribution in [2.45, 2.75) is 39.0 Å². The summed E-state index contributed by atoms with van der Waals surface area (Å²) in [7, 11) is 0. The zero-order valence-corrected chi connectivity index (χ0v) is 14.9. The van der Waals surface area contributed by atoms with Crippen LogP contribution in [0.2, 0.25) is 0 Å². The van der Waals surface area contributed by atoms with Crippen LogP contribution in [-0.2, 0) is 17.6 Å². The van der Waals surface area contributed by atoms with Crippen LogP contribution in [0.1, 0.15) is 29.9 Å². The predicted octanol–water partition coefficient (Wildman–Crippen LogP) is 3.19. The Morgan fingerprint density at radius 1 is 1.26 bits per heavy atom. The number of amides is 1. The Hall–Kier alpha value is -2.55. The lowest BCUT2D eigenvalue weighted by Crippen LogP contribution is -2.48. The number of nitrogens with zero attached hydrogens (tertiary/aromatic N) is 3. The highest BCUT2D eigenvalue weighted by molar-refractivity contribution is 5.92. The van der Waals surface area contributed by atoms with Gasteiger partial charge in [-0.1, -0.05) is 6.07 Å². The summed E-state index contributed by atoms with van der Waals surface area (Å²) in [6.45, 7) is 4.66. The van der Waals surface area contributed by atoms with Crippen LogP contribution in [0.15, 0.2) is 36.5 Å². The fraction of sp³-hybridized carbons (Fsp3) is 0.444. The summed E-state index contributed by atoms with van der Waals surface area (Å²) in [6, 6.07) is 6.16. The highest BCUT2D eigenvalue weighted by Gasteiger charge is 2.30. The molecule has 1 aromatic carbocycles. The normalized spacial score (nSPS) is 20.6. The molecule has 2 atom stereocenters. The van der Waals surface area contributed by atoms with Crippen molar-refractivity contribution in [3.8, 4) is 5.75 Å². The molecule has 1 aromatic heterocycles. The van der Waals surface area contributed by atoms with E-state index in [1.54, 1.807) is 17.2 Å². The lowest BCUT2D eigenvalue weighted by molar-refractivity contribution is -0.137. The van der Waals surface area contributed by atoms with Crippen molar-refractivity contribution in [2.75, 3.05) is 13.1 Å². The van der Waals surface area contributed by atoms with Crippen LogP contribution in [0.5, 0.6) is 5.75 Å². The SMILES string of the molecule is CC1CN(C(=O)c2ccn(COc3cccc(C(F)(F)F)c3)n2)CC(C)O1. The summed E-state index contributed by atoms with van der Waals surface area (Å²) < 4.78 is 50.5. The number of aromatic nitrogens is 2. The molecular formula is C18H20F3N3O3. The van der Waals surface area contributed by atoms with Gasteiger partial charge in [0, 0.05) is 19.3 Å². The van der Waals surface area contributed by atoms with Gasteiger partial charge in [-0.2, -0.15) is 18.3 Å². The first-order valence-corrected chi connectivity index (χ1v) is 8.50. The number of ether oxygens (including phenoxy) is 2. The van der Waals surface area contributed by atoms with E-state index >= 15 is 0 Å². The summed E-state index contributed by atoms with van der Waals surface area (Å²) in [5.74, 6) is -0.140. The topological polar surface area (TPSA) is 56.6 Å². The first kappa shape index (κ1) is 19.2. The van der Waals surface area contributed by atoms with Crippen molar-refractivity contribution in [3.63, 3.8) is 0 Å². The molecule has 146 valence electrons. The number of hydrogen-bond donors (Lipinski definition) is 0. The Kier molecular flexibility index (Phi) is 5.41. The molecule has 2 aromatic rings. The maximum absolute atomic E-state index is 12.7. The molecule has 1 fully saturated rings. The molecule has 9 heteroatoms. The van der Waals surface area contributed by atoms with Crippen molar-refractivity contribution in [2.24, 2.45) is 0 Å².